The van der Waals surface area contributed by atoms with Gasteiger partial charge < -0.3 is 8.85 Å². The minimum atomic E-state index is -1.06. The molecule has 2 fully saturated rings. The van der Waals surface area contributed by atoms with Crippen molar-refractivity contribution in [2.45, 2.75) is 128 Å². The number of hydrogen-bond donors (Lipinski definition) is 0. The molecule has 28 heavy (non-hydrogen) atoms. The summed E-state index contributed by atoms with van der Waals surface area (Å²) >= 11 is 0. The van der Waals surface area contributed by atoms with Gasteiger partial charge in [-0.05, 0) is 62.6 Å². The van der Waals surface area contributed by atoms with Crippen LogP contribution in [0.3, 0.4) is 0 Å². The molecule has 1 atom stereocenters. The molecule has 0 aromatic rings. The van der Waals surface area contributed by atoms with Crippen LogP contribution in [0.5, 0.6) is 0 Å². The average Bonchev–Trinajstić information content (AvgIpc) is 2.71. The van der Waals surface area contributed by atoms with Gasteiger partial charge in [-0.3, -0.25) is 4.79 Å². The second-order valence-corrected chi connectivity index (χ2v) is 13.0. The van der Waals surface area contributed by atoms with Gasteiger partial charge in [0.1, 0.15) is 0 Å². The van der Waals surface area contributed by atoms with Gasteiger partial charge in [-0.25, -0.2) is 0 Å². The third-order valence-electron chi connectivity index (χ3n) is 6.55. The van der Waals surface area contributed by atoms with Crippen LogP contribution in [0.1, 0.15) is 105 Å². The molecule has 5 heteroatoms. The van der Waals surface area contributed by atoms with Crippen molar-refractivity contribution in [2.24, 2.45) is 11.8 Å². The lowest BCUT2D eigenvalue weighted by atomic mass is 9.85. The molecule has 2 aliphatic carbocycles. The van der Waals surface area contributed by atoms with Crippen molar-refractivity contribution in [3.05, 3.63) is 0 Å². The predicted molar refractivity (Wildman–Crippen MR) is 120 cm³/mol. The van der Waals surface area contributed by atoms with Crippen LogP contribution in [0.15, 0.2) is 0 Å². The van der Waals surface area contributed by atoms with E-state index >= 15 is 0 Å². The Hall–Kier alpha value is -0.136. The van der Waals surface area contributed by atoms with E-state index in [-0.39, 0.29) is 18.0 Å². The van der Waals surface area contributed by atoms with Crippen LogP contribution in [-0.4, -0.2) is 30.9 Å². The molecule has 0 aliphatic heterocycles. The van der Waals surface area contributed by atoms with Crippen molar-refractivity contribution in [3.8, 4) is 0 Å². The van der Waals surface area contributed by atoms with Gasteiger partial charge in [-0.1, -0.05) is 65.2 Å². The van der Waals surface area contributed by atoms with E-state index in [2.05, 4.69) is 20.8 Å². The fraction of sp³-hybridized carbons (Fsp3) is 0.957. The summed E-state index contributed by atoms with van der Waals surface area (Å²) in [4.78, 5) is 12.9. The molecule has 2 saturated carbocycles. The molecule has 0 amide bonds. The van der Waals surface area contributed by atoms with Crippen LogP contribution in [0.2, 0.25) is 17.1 Å². The highest BCUT2D eigenvalue weighted by Gasteiger charge is 2.39. The Morgan fingerprint density at radius 3 is 2.25 bits per heavy atom. The van der Waals surface area contributed by atoms with Crippen molar-refractivity contribution in [3.63, 3.8) is 0 Å². The van der Waals surface area contributed by atoms with Gasteiger partial charge in [0.25, 0.3) is 15.0 Å². The number of unbranched alkanes of at least 4 members (excludes halogenated alkanes) is 1. The number of carbonyl (C=O) groups is 1. The molecular weight excluding hydrogens is 380 g/mol. The zero-order valence-electron chi connectivity index (χ0n) is 18.8. The van der Waals surface area contributed by atoms with Gasteiger partial charge in [-0.15, -0.1) is 0 Å². The number of hydrogen-bond acceptors (Lipinski definition) is 3. The number of rotatable bonds is 11. The van der Waals surface area contributed by atoms with Crippen LogP contribution in [0.25, 0.3) is 0 Å². The van der Waals surface area contributed by atoms with Crippen LogP contribution >= 0.6 is 0 Å². The Morgan fingerprint density at radius 2 is 1.64 bits per heavy atom. The van der Waals surface area contributed by atoms with E-state index in [0.29, 0.717) is 20.8 Å². The van der Waals surface area contributed by atoms with Crippen LogP contribution < -0.4 is 0 Å². The lowest BCUT2D eigenvalue weighted by Crippen LogP contribution is -2.37. The molecule has 3 radical (unpaired) electrons. The standard InChI is InChI=1S/C23H43O3Si2/c1-5-6-10-20-13-15-22(16-14-20)28(21-11-8-7-9-12-21)26-23(24)19(4)17-27-25-18(2)3/h18-22H,5-17H2,1-4H3. The summed E-state index contributed by atoms with van der Waals surface area (Å²) in [6.07, 6.45) is 16.3. The van der Waals surface area contributed by atoms with Crippen molar-refractivity contribution < 1.29 is 13.6 Å². The minimum absolute atomic E-state index is 0.0263. The molecule has 161 valence electrons. The second-order valence-electron chi connectivity index (χ2n) is 9.43. The Bertz CT molecular complexity index is 430. The van der Waals surface area contributed by atoms with Gasteiger partial charge >= 0.3 is 0 Å². The highest BCUT2D eigenvalue weighted by Crippen LogP contribution is 2.44. The summed E-state index contributed by atoms with van der Waals surface area (Å²) < 4.78 is 12.0. The fourth-order valence-electron chi connectivity index (χ4n) is 4.76. The van der Waals surface area contributed by atoms with Gasteiger partial charge in [0.2, 0.25) is 9.76 Å². The van der Waals surface area contributed by atoms with E-state index in [9.17, 15) is 4.79 Å². The van der Waals surface area contributed by atoms with Gasteiger partial charge in [0, 0.05) is 6.10 Å². The normalized spacial score (nSPS) is 25.2. The van der Waals surface area contributed by atoms with Gasteiger partial charge in [0.15, 0.2) is 0 Å². The first-order chi connectivity index (χ1) is 13.5. The summed E-state index contributed by atoms with van der Waals surface area (Å²) in [5.74, 6) is 0.962. The third kappa shape index (κ3) is 8.31. The molecular formula is C23H43O3Si2. The van der Waals surface area contributed by atoms with E-state index in [1.54, 1.807) is 0 Å². The van der Waals surface area contributed by atoms with Gasteiger partial charge in [0.05, 0.1) is 5.92 Å². The maximum Gasteiger partial charge on any atom is 0.295 e. The zero-order chi connectivity index (χ0) is 20.4. The Kier molecular flexibility index (Phi) is 11.4. The van der Waals surface area contributed by atoms with Crippen LogP contribution in [0, 0.1) is 11.8 Å². The van der Waals surface area contributed by atoms with Crippen LogP contribution in [0.4, 0.5) is 0 Å². The largest absolute Gasteiger partial charge is 0.517 e. The summed E-state index contributed by atoms with van der Waals surface area (Å²) in [7, 11) is -0.659. The predicted octanol–water partition coefficient (Wildman–Crippen LogP) is 6.70. The molecule has 2 aliphatic rings. The molecule has 0 bridgehead atoms. The van der Waals surface area contributed by atoms with E-state index in [0.717, 1.165) is 12.0 Å². The summed E-state index contributed by atoms with van der Waals surface area (Å²) in [6, 6.07) is 0.806. The van der Waals surface area contributed by atoms with Crippen LogP contribution in [-0.2, 0) is 13.6 Å². The van der Waals surface area contributed by atoms with Gasteiger partial charge in [-0.2, -0.15) is 0 Å². The van der Waals surface area contributed by atoms with E-state index < -0.39 is 9.04 Å². The van der Waals surface area contributed by atoms with Crippen molar-refractivity contribution in [1.29, 1.82) is 0 Å². The first-order valence-corrected chi connectivity index (χ1v) is 14.7. The lowest BCUT2D eigenvalue weighted by Gasteiger charge is -2.37. The fourth-order valence-corrected chi connectivity index (χ4v) is 8.91. The van der Waals surface area contributed by atoms with Crippen molar-refractivity contribution in [2.75, 3.05) is 0 Å². The zero-order valence-corrected chi connectivity index (χ0v) is 20.8. The quantitative estimate of drug-likeness (QED) is 0.347. The smallest absolute Gasteiger partial charge is 0.295 e. The topological polar surface area (TPSA) is 35.5 Å². The molecule has 0 heterocycles. The SMILES string of the molecule is CCCCC1CCC([Si](OC(=O)C(C)C[Si]OC(C)C)C2CCCCC2)CC1. The maximum absolute atomic E-state index is 12.9. The molecule has 0 aromatic carbocycles. The average molecular weight is 424 g/mol. The molecule has 0 spiro atoms. The molecule has 0 aromatic heterocycles. The first-order valence-electron chi connectivity index (χ1n) is 12.0. The molecule has 0 saturated heterocycles. The minimum Gasteiger partial charge on any atom is -0.517 e. The van der Waals surface area contributed by atoms with Crippen molar-refractivity contribution in [1.82, 2.24) is 0 Å². The second kappa shape index (κ2) is 13.2. The molecule has 3 nitrogen and oxygen atoms in total. The van der Waals surface area contributed by atoms with E-state index in [1.165, 1.54) is 77.0 Å². The Morgan fingerprint density at radius 1 is 1.00 bits per heavy atom. The monoisotopic (exact) mass is 423 g/mol. The van der Waals surface area contributed by atoms with E-state index in [4.69, 9.17) is 8.85 Å². The Balaban J connectivity index is 1.89. The third-order valence-corrected chi connectivity index (χ3v) is 11.2. The van der Waals surface area contributed by atoms with E-state index in [1.807, 2.05) is 6.92 Å². The molecule has 2 rings (SSSR count). The maximum atomic E-state index is 12.9. The molecule has 0 N–H and O–H groups in total. The molecule has 1 unspecified atom stereocenters. The highest BCUT2D eigenvalue weighted by atomic mass is 28.3. The van der Waals surface area contributed by atoms with Crippen molar-refractivity contribution >= 4 is 24.8 Å². The Labute approximate surface area is 178 Å². The highest BCUT2D eigenvalue weighted by molar-refractivity contribution is 6.57. The number of carbonyl (C=O) groups excluding carboxylic acids is 1. The first kappa shape index (κ1) is 24.1. The lowest BCUT2D eigenvalue weighted by molar-refractivity contribution is -0.138. The summed E-state index contributed by atoms with van der Waals surface area (Å²) in [5.41, 5.74) is 1.39. The summed E-state index contributed by atoms with van der Waals surface area (Å²) in [6.45, 7) is 8.43. The summed E-state index contributed by atoms with van der Waals surface area (Å²) in [5, 5.41) is 0.